The molecule has 1 saturated heterocycles. The van der Waals surface area contributed by atoms with Gasteiger partial charge >= 0.3 is 0 Å². The molecule has 2 aliphatic heterocycles. The lowest BCUT2D eigenvalue weighted by atomic mass is 9.83. The van der Waals surface area contributed by atoms with Crippen LogP contribution in [-0.2, 0) is 23.5 Å². The van der Waals surface area contributed by atoms with Crippen molar-refractivity contribution in [3.8, 4) is 5.75 Å². The van der Waals surface area contributed by atoms with Crippen LogP contribution in [0.5, 0.6) is 5.75 Å². The van der Waals surface area contributed by atoms with E-state index in [9.17, 15) is 8.42 Å². The van der Waals surface area contributed by atoms with Crippen molar-refractivity contribution in [1.82, 2.24) is 19.6 Å². The molecular formula is C24H28FN5O3S. The lowest BCUT2D eigenvalue weighted by Crippen LogP contribution is -2.59. The van der Waals surface area contributed by atoms with Crippen LogP contribution >= 0.6 is 0 Å². The smallest absolute Gasteiger partial charge is 0.259 e. The summed E-state index contributed by atoms with van der Waals surface area (Å²) in [5, 5.41) is 3.32. The van der Waals surface area contributed by atoms with Crippen molar-refractivity contribution in [1.29, 1.82) is 0 Å². The number of aryl methyl sites for hydroxylation is 1. The lowest BCUT2D eigenvalue weighted by Gasteiger charge is -2.42. The summed E-state index contributed by atoms with van der Waals surface area (Å²) in [7, 11) is -0.0908. The number of ether oxygens (including phenoxy) is 1. The van der Waals surface area contributed by atoms with Crippen molar-refractivity contribution >= 4 is 15.7 Å². The fraction of sp³-hybridized carbons (Fsp3) is 0.375. The topological polar surface area (TPSA) is 88.5 Å². The first-order valence-corrected chi connectivity index (χ1v) is 12.7. The Hall–Kier alpha value is -2.95. The highest BCUT2D eigenvalue weighted by atomic mass is 32.2. The normalized spacial score (nSPS) is 20.5. The maximum absolute atomic E-state index is 15.0. The molecule has 0 amide bonds. The Kier molecular flexibility index (Phi) is 6.05. The number of halogens is 1. The Morgan fingerprint density at radius 3 is 2.65 bits per heavy atom. The summed E-state index contributed by atoms with van der Waals surface area (Å²) >= 11 is 0. The average molecular weight is 486 g/mol. The molecule has 2 aliphatic rings. The number of imidazole rings is 1. The van der Waals surface area contributed by atoms with Gasteiger partial charge in [-0.1, -0.05) is 30.3 Å². The monoisotopic (exact) mass is 485 g/mol. The van der Waals surface area contributed by atoms with Crippen molar-refractivity contribution in [2.45, 2.75) is 29.4 Å². The van der Waals surface area contributed by atoms with E-state index in [1.165, 1.54) is 24.2 Å². The second-order valence-electron chi connectivity index (χ2n) is 8.94. The van der Waals surface area contributed by atoms with E-state index >= 15 is 4.39 Å². The number of hydrogen-bond donors (Lipinski definition) is 2. The molecule has 8 nitrogen and oxygen atoms in total. The van der Waals surface area contributed by atoms with E-state index in [2.05, 4.69) is 27.2 Å². The quantitative estimate of drug-likeness (QED) is 0.533. The van der Waals surface area contributed by atoms with Crippen LogP contribution in [-0.4, -0.2) is 56.8 Å². The third kappa shape index (κ3) is 4.40. The van der Waals surface area contributed by atoms with E-state index in [0.717, 1.165) is 12.0 Å². The Morgan fingerprint density at radius 1 is 1.21 bits per heavy atom. The number of hydrogen-bond acceptors (Lipinski definition) is 6. The van der Waals surface area contributed by atoms with Crippen LogP contribution in [0.2, 0.25) is 0 Å². The summed E-state index contributed by atoms with van der Waals surface area (Å²) in [5.74, 6) is 0.322. The van der Waals surface area contributed by atoms with E-state index in [-0.39, 0.29) is 28.8 Å². The molecule has 34 heavy (non-hydrogen) atoms. The second kappa shape index (κ2) is 9.01. The van der Waals surface area contributed by atoms with Crippen molar-refractivity contribution in [3.63, 3.8) is 0 Å². The van der Waals surface area contributed by atoms with E-state index < -0.39 is 10.0 Å². The minimum absolute atomic E-state index is 0.0209. The van der Waals surface area contributed by atoms with Crippen LogP contribution in [0.15, 0.2) is 60.0 Å². The van der Waals surface area contributed by atoms with Gasteiger partial charge in [-0.3, -0.25) is 0 Å². The predicted octanol–water partition coefficient (Wildman–Crippen LogP) is 2.03. The van der Waals surface area contributed by atoms with Gasteiger partial charge in [-0.25, -0.2) is 22.5 Å². The van der Waals surface area contributed by atoms with Crippen molar-refractivity contribution in [3.05, 3.63) is 71.9 Å². The third-order valence-electron chi connectivity index (χ3n) is 6.55. The fourth-order valence-electron chi connectivity index (χ4n) is 4.69. The molecule has 0 bridgehead atoms. The van der Waals surface area contributed by atoms with E-state index in [4.69, 9.17) is 4.74 Å². The molecule has 1 fully saturated rings. The number of anilines is 1. The highest BCUT2D eigenvalue weighted by Gasteiger charge is 2.36. The number of fused-ring (bicyclic) bond motifs is 1. The fourth-order valence-corrected chi connectivity index (χ4v) is 5.89. The number of nitrogens with one attached hydrogen (secondary N) is 2. The first-order valence-electron chi connectivity index (χ1n) is 11.3. The van der Waals surface area contributed by atoms with Crippen LogP contribution in [0.25, 0.3) is 0 Å². The average Bonchev–Trinajstić information content (AvgIpc) is 3.24. The molecule has 0 spiro atoms. The first kappa shape index (κ1) is 22.8. The van der Waals surface area contributed by atoms with Gasteiger partial charge in [0, 0.05) is 49.9 Å². The lowest BCUT2D eigenvalue weighted by molar-refractivity contribution is 0.218. The molecular weight excluding hydrogens is 457 g/mol. The zero-order valence-electron chi connectivity index (χ0n) is 19.1. The molecule has 0 unspecified atom stereocenters. The summed E-state index contributed by atoms with van der Waals surface area (Å²) in [5.41, 5.74) is 2.63. The Labute approximate surface area is 198 Å². The van der Waals surface area contributed by atoms with Crippen molar-refractivity contribution < 1.29 is 17.5 Å². The summed E-state index contributed by atoms with van der Waals surface area (Å²) in [4.78, 5) is 5.77. The molecule has 0 radical (unpaired) electrons. The molecule has 3 aromatic rings. The summed E-state index contributed by atoms with van der Waals surface area (Å²) < 4.78 is 50.2. The number of likely N-dealkylation sites (N-methyl/N-ethyl adjacent to an activating group) is 1. The van der Waals surface area contributed by atoms with E-state index in [0.29, 0.717) is 31.1 Å². The zero-order chi connectivity index (χ0) is 23.9. The van der Waals surface area contributed by atoms with E-state index in [1.54, 1.807) is 11.6 Å². The van der Waals surface area contributed by atoms with Gasteiger partial charge in [-0.05, 0) is 25.1 Å². The molecule has 10 heteroatoms. The number of aromatic nitrogens is 2. The molecule has 0 saturated carbocycles. The molecule has 2 atom stereocenters. The predicted molar refractivity (Wildman–Crippen MR) is 127 cm³/mol. The van der Waals surface area contributed by atoms with Crippen LogP contribution in [0.3, 0.4) is 0 Å². The molecule has 2 aromatic carbocycles. The van der Waals surface area contributed by atoms with Gasteiger partial charge in [0.2, 0.25) is 0 Å². The minimum Gasteiger partial charge on any atom is -0.492 e. The summed E-state index contributed by atoms with van der Waals surface area (Å²) in [6, 6.07) is 13.3. The molecule has 3 heterocycles. The van der Waals surface area contributed by atoms with Crippen LogP contribution < -0.4 is 19.7 Å². The van der Waals surface area contributed by atoms with Gasteiger partial charge in [0.05, 0.1) is 18.1 Å². The summed E-state index contributed by atoms with van der Waals surface area (Å²) in [6.07, 6.45) is 3.70. The molecule has 2 N–H and O–H groups in total. The highest BCUT2D eigenvalue weighted by Crippen LogP contribution is 2.40. The van der Waals surface area contributed by atoms with Crippen molar-refractivity contribution in [2.75, 3.05) is 31.6 Å². The standard InChI is InChI=1S/C24H28FN5O3S/c1-26-21-14-33-23-10-20(25)22(9-19(23)18(21)8-16-6-4-3-5-7-16)30-11-17(12-30)28-34(31,32)24-13-29(2)15-27-24/h3-7,9-10,13,15,17-18,21,26,28H,8,11-12,14H2,1-2H3/t18-,21+/m1/s1. The first-order chi connectivity index (χ1) is 16.3. The third-order valence-corrected chi connectivity index (χ3v) is 7.96. The number of sulfonamides is 1. The van der Waals surface area contributed by atoms with Gasteiger partial charge in [0.1, 0.15) is 18.2 Å². The molecule has 180 valence electrons. The zero-order valence-corrected chi connectivity index (χ0v) is 19.9. The maximum Gasteiger partial charge on any atom is 0.259 e. The number of benzene rings is 2. The maximum atomic E-state index is 15.0. The summed E-state index contributed by atoms with van der Waals surface area (Å²) in [6.45, 7) is 1.23. The van der Waals surface area contributed by atoms with Crippen LogP contribution in [0, 0.1) is 5.82 Å². The second-order valence-corrected chi connectivity index (χ2v) is 10.6. The van der Waals surface area contributed by atoms with Crippen LogP contribution in [0.4, 0.5) is 10.1 Å². The molecule has 1 aromatic heterocycles. The molecule has 0 aliphatic carbocycles. The SMILES string of the molecule is CN[C@H]1COc2cc(F)c(N3CC(NS(=O)(=O)c4cn(C)cn4)C3)cc2[C@H]1Cc1ccccc1. The van der Waals surface area contributed by atoms with Gasteiger partial charge < -0.3 is 19.5 Å². The van der Waals surface area contributed by atoms with Crippen LogP contribution in [0.1, 0.15) is 17.0 Å². The van der Waals surface area contributed by atoms with Gasteiger partial charge in [0.15, 0.2) is 5.03 Å². The van der Waals surface area contributed by atoms with Gasteiger partial charge in [-0.2, -0.15) is 0 Å². The van der Waals surface area contributed by atoms with Gasteiger partial charge in [0.25, 0.3) is 10.0 Å². The van der Waals surface area contributed by atoms with Gasteiger partial charge in [-0.15, -0.1) is 0 Å². The van der Waals surface area contributed by atoms with Crippen molar-refractivity contribution in [2.24, 2.45) is 7.05 Å². The Balaban J connectivity index is 1.34. The number of rotatable bonds is 7. The Bertz CT molecular complexity index is 1280. The Morgan fingerprint density at radius 2 is 1.97 bits per heavy atom. The van der Waals surface area contributed by atoms with E-state index in [1.807, 2.05) is 36.2 Å². The number of nitrogens with zero attached hydrogens (tertiary/aromatic N) is 3. The molecule has 5 rings (SSSR count). The highest BCUT2D eigenvalue weighted by molar-refractivity contribution is 7.89. The minimum atomic E-state index is -3.71. The largest absolute Gasteiger partial charge is 0.492 e.